The highest BCUT2D eigenvalue weighted by Gasteiger charge is 1.93. The molecule has 3 nitrogen and oxygen atoms in total. The van der Waals surface area contributed by atoms with Crippen molar-refractivity contribution in [3.8, 4) is 5.75 Å². The van der Waals surface area contributed by atoms with E-state index < -0.39 is 0 Å². The van der Waals surface area contributed by atoms with Crippen molar-refractivity contribution < 1.29 is 9.47 Å². The average molecular weight is 244 g/mol. The number of ether oxygens (including phenoxy) is 2. The van der Waals surface area contributed by atoms with Crippen LogP contribution in [0.25, 0.3) is 0 Å². The quantitative estimate of drug-likeness (QED) is 0.711. The Balaban J connectivity index is 2.01. The van der Waals surface area contributed by atoms with Gasteiger partial charge < -0.3 is 14.8 Å². The van der Waals surface area contributed by atoms with Gasteiger partial charge in [-0.05, 0) is 37.2 Å². The lowest BCUT2D eigenvalue weighted by Crippen LogP contribution is -2.22. The molecule has 0 heterocycles. The molecule has 0 spiro atoms. The minimum atomic E-state index is 0.661. The zero-order valence-electron chi connectivity index (χ0n) is 9.54. The summed E-state index contributed by atoms with van der Waals surface area (Å²) in [5.74, 6) is 0.850. The lowest BCUT2D eigenvalue weighted by atomic mass is 10.3. The number of nitrogens with one attached hydrogen (secondary N) is 1. The van der Waals surface area contributed by atoms with Crippen LogP contribution in [-0.2, 0) is 4.74 Å². The Kier molecular flexibility index (Phi) is 6.97. The Labute approximate surface area is 102 Å². The monoisotopic (exact) mass is 243 g/mol. The third-order valence-electron chi connectivity index (χ3n) is 2.06. The lowest BCUT2D eigenvalue weighted by molar-refractivity contribution is 0.193. The maximum Gasteiger partial charge on any atom is 0.119 e. The number of hydrogen-bond donors (Lipinski definition) is 1. The van der Waals surface area contributed by atoms with Crippen LogP contribution in [-0.4, -0.2) is 33.4 Å². The van der Waals surface area contributed by atoms with Gasteiger partial charge in [-0.2, -0.15) is 0 Å². The van der Waals surface area contributed by atoms with Gasteiger partial charge in [0.05, 0.1) is 0 Å². The fourth-order valence-corrected chi connectivity index (χ4v) is 1.36. The van der Waals surface area contributed by atoms with Crippen molar-refractivity contribution in [2.24, 2.45) is 0 Å². The van der Waals surface area contributed by atoms with Gasteiger partial charge in [0.25, 0.3) is 0 Å². The second-order valence-corrected chi connectivity index (χ2v) is 3.84. The summed E-state index contributed by atoms with van der Waals surface area (Å²) in [5.41, 5.74) is 0. The van der Waals surface area contributed by atoms with Crippen molar-refractivity contribution in [2.45, 2.75) is 6.42 Å². The third-order valence-corrected chi connectivity index (χ3v) is 2.32. The van der Waals surface area contributed by atoms with Crippen LogP contribution < -0.4 is 10.1 Å². The van der Waals surface area contributed by atoms with Gasteiger partial charge >= 0.3 is 0 Å². The van der Waals surface area contributed by atoms with Gasteiger partial charge in [-0.15, -0.1) is 0 Å². The van der Waals surface area contributed by atoms with Gasteiger partial charge in [-0.25, -0.2) is 0 Å². The van der Waals surface area contributed by atoms with E-state index in [9.17, 15) is 0 Å². The highest BCUT2D eigenvalue weighted by atomic mass is 35.5. The molecule has 0 atom stereocenters. The van der Waals surface area contributed by atoms with E-state index in [2.05, 4.69) is 5.32 Å². The molecule has 0 aliphatic carbocycles. The van der Waals surface area contributed by atoms with Gasteiger partial charge in [-0.3, -0.25) is 0 Å². The standard InChI is InChI=1S/C12H18ClNO2/c1-15-9-2-7-14-8-10-16-12-5-3-11(13)4-6-12/h3-6,14H,2,7-10H2,1H3. The molecule has 0 saturated carbocycles. The van der Waals surface area contributed by atoms with E-state index in [1.807, 2.05) is 24.3 Å². The van der Waals surface area contributed by atoms with E-state index in [1.54, 1.807) is 7.11 Å². The van der Waals surface area contributed by atoms with E-state index in [0.717, 1.165) is 36.9 Å². The van der Waals surface area contributed by atoms with Crippen molar-refractivity contribution >= 4 is 11.6 Å². The molecular formula is C12H18ClNO2. The van der Waals surface area contributed by atoms with E-state index in [1.165, 1.54) is 0 Å². The van der Waals surface area contributed by atoms with E-state index in [0.29, 0.717) is 6.61 Å². The molecule has 0 fully saturated rings. The summed E-state index contributed by atoms with van der Waals surface area (Å²) in [4.78, 5) is 0. The van der Waals surface area contributed by atoms with Crippen LogP contribution in [0, 0.1) is 0 Å². The minimum absolute atomic E-state index is 0.661. The van der Waals surface area contributed by atoms with Gasteiger partial charge in [0.2, 0.25) is 0 Å². The van der Waals surface area contributed by atoms with E-state index >= 15 is 0 Å². The fraction of sp³-hybridized carbons (Fsp3) is 0.500. The molecule has 1 aromatic carbocycles. The fourth-order valence-electron chi connectivity index (χ4n) is 1.24. The molecule has 0 unspecified atom stereocenters. The second-order valence-electron chi connectivity index (χ2n) is 3.40. The number of benzene rings is 1. The molecule has 1 N–H and O–H groups in total. The smallest absolute Gasteiger partial charge is 0.119 e. The molecule has 4 heteroatoms. The predicted octanol–water partition coefficient (Wildman–Crippen LogP) is 2.34. The summed E-state index contributed by atoms with van der Waals surface area (Å²) >= 11 is 5.76. The predicted molar refractivity (Wildman–Crippen MR) is 66.3 cm³/mol. The van der Waals surface area contributed by atoms with Crippen LogP contribution in [0.15, 0.2) is 24.3 Å². The number of hydrogen-bond acceptors (Lipinski definition) is 3. The van der Waals surface area contributed by atoms with Crippen LogP contribution in [0.4, 0.5) is 0 Å². The molecule has 0 radical (unpaired) electrons. The molecule has 90 valence electrons. The van der Waals surface area contributed by atoms with Crippen LogP contribution in [0.5, 0.6) is 5.75 Å². The topological polar surface area (TPSA) is 30.5 Å². The van der Waals surface area contributed by atoms with Gasteiger partial charge in [0.15, 0.2) is 0 Å². The first-order valence-corrected chi connectivity index (χ1v) is 5.79. The summed E-state index contributed by atoms with van der Waals surface area (Å²) in [6.07, 6.45) is 1.03. The first-order valence-electron chi connectivity index (χ1n) is 5.41. The zero-order chi connectivity index (χ0) is 11.6. The first kappa shape index (κ1) is 13.3. The Bertz CT molecular complexity index is 277. The summed E-state index contributed by atoms with van der Waals surface area (Å²) in [7, 11) is 1.71. The maximum atomic E-state index is 5.76. The van der Waals surface area contributed by atoms with Gasteiger partial charge in [0, 0.05) is 25.3 Å². The Morgan fingerprint density at radius 3 is 2.56 bits per heavy atom. The zero-order valence-corrected chi connectivity index (χ0v) is 10.3. The van der Waals surface area contributed by atoms with Gasteiger partial charge in [-0.1, -0.05) is 11.6 Å². The van der Waals surface area contributed by atoms with Crippen molar-refractivity contribution in [3.63, 3.8) is 0 Å². The Morgan fingerprint density at radius 1 is 1.12 bits per heavy atom. The summed E-state index contributed by atoms with van der Waals surface area (Å²) in [6, 6.07) is 7.38. The normalized spacial score (nSPS) is 10.4. The van der Waals surface area contributed by atoms with Crippen molar-refractivity contribution in [1.82, 2.24) is 5.32 Å². The van der Waals surface area contributed by atoms with Crippen LogP contribution >= 0.6 is 11.6 Å². The first-order chi connectivity index (χ1) is 7.83. The molecular weight excluding hydrogens is 226 g/mol. The summed E-state index contributed by atoms with van der Waals surface area (Å²) in [5, 5.41) is 4.00. The molecule has 0 saturated heterocycles. The van der Waals surface area contributed by atoms with Crippen molar-refractivity contribution in [1.29, 1.82) is 0 Å². The summed E-state index contributed by atoms with van der Waals surface area (Å²) in [6.45, 7) is 3.25. The molecule has 1 rings (SSSR count). The Hall–Kier alpha value is -0.770. The lowest BCUT2D eigenvalue weighted by Gasteiger charge is -2.07. The molecule has 0 bridgehead atoms. The Morgan fingerprint density at radius 2 is 1.88 bits per heavy atom. The minimum Gasteiger partial charge on any atom is -0.492 e. The summed E-state index contributed by atoms with van der Waals surface area (Å²) < 4.78 is 10.5. The molecule has 0 aromatic heterocycles. The van der Waals surface area contributed by atoms with Crippen molar-refractivity contribution in [2.75, 3.05) is 33.4 Å². The molecule has 0 amide bonds. The number of methoxy groups -OCH3 is 1. The third kappa shape index (κ3) is 5.95. The highest BCUT2D eigenvalue weighted by Crippen LogP contribution is 2.14. The molecule has 16 heavy (non-hydrogen) atoms. The largest absolute Gasteiger partial charge is 0.492 e. The molecule has 1 aromatic rings. The van der Waals surface area contributed by atoms with Crippen LogP contribution in [0.3, 0.4) is 0 Å². The molecule has 0 aliphatic heterocycles. The number of halogens is 1. The van der Waals surface area contributed by atoms with Crippen LogP contribution in [0.2, 0.25) is 5.02 Å². The number of rotatable bonds is 8. The second kappa shape index (κ2) is 8.39. The molecule has 0 aliphatic rings. The maximum absolute atomic E-state index is 5.76. The van der Waals surface area contributed by atoms with E-state index in [-0.39, 0.29) is 0 Å². The van der Waals surface area contributed by atoms with E-state index in [4.69, 9.17) is 21.1 Å². The average Bonchev–Trinajstić information content (AvgIpc) is 2.30. The highest BCUT2D eigenvalue weighted by molar-refractivity contribution is 6.30. The van der Waals surface area contributed by atoms with Crippen molar-refractivity contribution in [3.05, 3.63) is 29.3 Å². The SMILES string of the molecule is COCCCNCCOc1ccc(Cl)cc1. The van der Waals surface area contributed by atoms with Crippen LogP contribution in [0.1, 0.15) is 6.42 Å². The van der Waals surface area contributed by atoms with Gasteiger partial charge in [0.1, 0.15) is 12.4 Å².